The first kappa shape index (κ1) is 16.0. The number of amides is 2. The van der Waals surface area contributed by atoms with E-state index in [0.29, 0.717) is 31.3 Å². The van der Waals surface area contributed by atoms with Gasteiger partial charge in [0.05, 0.1) is 0 Å². The van der Waals surface area contributed by atoms with Crippen molar-refractivity contribution in [3.63, 3.8) is 0 Å². The Kier molecular flexibility index (Phi) is 7.53. The summed E-state index contributed by atoms with van der Waals surface area (Å²) in [6.45, 7) is 4.97. The van der Waals surface area contributed by atoms with Gasteiger partial charge in [0.15, 0.2) is 0 Å². The minimum Gasteiger partial charge on any atom is -0.356 e. The van der Waals surface area contributed by atoms with Crippen LogP contribution in [-0.2, 0) is 9.59 Å². The summed E-state index contributed by atoms with van der Waals surface area (Å²) in [5.74, 6) is 0.597. The second kappa shape index (κ2) is 8.94. The minimum absolute atomic E-state index is 0.0144. The molecular formula is C15H28N2O2. The fraction of sp³-hybridized carbons (Fsp3) is 0.867. The molecule has 110 valence electrons. The van der Waals surface area contributed by atoms with Crippen molar-refractivity contribution in [2.45, 2.75) is 71.3 Å². The third kappa shape index (κ3) is 7.85. The molecule has 2 amide bonds. The van der Waals surface area contributed by atoms with Crippen LogP contribution in [0.1, 0.15) is 65.2 Å². The molecule has 4 heteroatoms. The predicted octanol–water partition coefficient (Wildman–Crippen LogP) is 2.38. The van der Waals surface area contributed by atoms with Gasteiger partial charge in [-0.15, -0.1) is 0 Å². The van der Waals surface area contributed by atoms with Crippen LogP contribution in [0, 0.1) is 5.92 Å². The number of carbonyl (C=O) groups excluding carboxylic acids is 2. The standard InChI is InChI=1S/C15H28N2O2/c1-12(2)10-11-16-14(18)8-9-15(19)17-13-6-4-3-5-7-13/h12-13H,3-11H2,1-2H3,(H,16,18)(H,17,19). The molecule has 0 aromatic carbocycles. The Bertz CT molecular complexity index is 284. The van der Waals surface area contributed by atoms with Crippen molar-refractivity contribution in [3.05, 3.63) is 0 Å². The van der Waals surface area contributed by atoms with Gasteiger partial charge in [-0.25, -0.2) is 0 Å². The molecular weight excluding hydrogens is 240 g/mol. The second-order valence-corrected chi connectivity index (χ2v) is 5.93. The quantitative estimate of drug-likeness (QED) is 0.745. The molecule has 1 rings (SSSR count). The Morgan fingerprint density at radius 3 is 2.32 bits per heavy atom. The molecule has 2 N–H and O–H groups in total. The van der Waals surface area contributed by atoms with Crippen molar-refractivity contribution in [1.29, 1.82) is 0 Å². The zero-order valence-electron chi connectivity index (χ0n) is 12.3. The number of hydrogen-bond donors (Lipinski definition) is 2. The van der Waals surface area contributed by atoms with Crippen LogP contribution >= 0.6 is 0 Å². The Morgan fingerprint density at radius 2 is 1.68 bits per heavy atom. The molecule has 1 aliphatic rings. The predicted molar refractivity (Wildman–Crippen MR) is 76.7 cm³/mol. The summed E-state index contributed by atoms with van der Waals surface area (Å²) in [7, 11) is 0. The van der Waals surface area contributed by atoms with Crippen LogP contribution < -0.4 is 10.6 Å². The highest BCUT2D eigenvalue weighted by molar-refractivity contribution is 5.83. The van der Waals surface area contributed by atoms with Gasteiger partial charge >= 0.3 is 0 Å². The van der Waals surface area contributed by atoms with Gasteiger partial charge in [0, 0.05) is 25.4 Å². The lowest BCUT2D eigenvalue weighted by Gasteiger charge is -2.22. The molecule has 19 heavy (non-hydrogen) atoms. The normalized spacial score (nSPS) is 16.4. The number of carbonyl (C=O) groups is 2. The molecule has 0 radical (unpaired) electrons. The lowest BCUT2D eigenvalue weighted by Crippen LogP contribution is -2.36. The smallest absolute Gasteiger partial charge is 0.220 e. The van der Waals surface area contributed by atoms with Crippen molar-refractivity contribution >= 4 is 11.8 Å². The molecule has 0 heterocycles. The van der Waals surface area contributed by atoms with Crippen LogP contribution in [0.15, 0.2) is 0 Å². The molecule has 0 saturated heterocycles. The molecule has 1 saturated carbocycles. The fourth-order valence-corrected chi connectivity index (χ4v) is 2.36. The Morgan fingerprint density at radius 1 is 1.05 bits per heavy atom. The SMILES string of the molecule is CC(C)CCNC(=O)CCC(=O)NC1CCCCC1. The fourth-order valence-electron chi connectivity index (χ4n) is 2.36. The van der Waals surface area contributed by atoms with Gasteiger partial charge in [-0.05, 0) is 25.2 Å². The Labute approximate surface area is 116 Å². The summed E-state index contributed by atoms with van der Waals surface area (Å²) >= 11 is 0. The number of rotatable bonds is 7. The van der Waals surface area contributed by atoms with Crippen LogP contribution in [0.5, 0.6) is 0 Å². The van der Waals surface area contributed by atoms with Crippen molar-refractivity contribution in [2.75, 3.05) is 6.54 Å². The first-order valence-electron chi connectivity index (χ1n) is 7.64. The van der Waals surface area contributed by atoms with Gasteiger partial charge in [0.25, 0.3) is 0 Å². The monoisotopic (exact) mass is 268 g/mol. The number of nitrogens with one attached hydrogen (secondary N) is 2. The molecule has 1 aliphatic carbocycles. The molecule has 0 bridgehead atoms. The van der Waals surface area contributed by atoms with E-state index in [4.69, 9.17) is 0 Å². The van der Waals surface area contributed by atoms with E-state index in [1.165, 1.54) is 19.3 Å². The molecule has 0 spiro atoms. The van der Waals surface area contributed by atoms with Crippen LogP contribution in [0.2, 0.25) is 0 Å². The van der Waals surface area contributed by atoms with Gasteiger partial charge < -0.3 is 10.6 Å². The molecule has 0 unspecified atom stereocenters. The average molecular weight is 268 g/mol. The van der Waals surface area contributed by atoms with E-state index in [1.54, 1.807) is 0 Å². The van der Waals surface area contributed by atoms with E-state index in [-0.39, 0.29) is 11.8 Å². The van der Waals surface area contributed by atoms with E-state index < -0.39 is 0 Å². The summed E-state index contributed by atoms with van der Waals surface area (Å²) < 4.78 is 0. The average Bonchev–Trinajstić information content (AvgIpc) is 2.37. The minimum atomic E-state index is -0.0144. The highest BCUT2D eigenvalue weighted by Gasteiger charge is 2.16. The van der Waals surface area contributed by atoms with E-state index >= 15 is 0 Å². The maximum Gasteiger partial charge on any atom is 0.220 e. The summed E-state index contributed by atoms with van der Waals surface area (Å²) in [6, 6.07) is 0.338. The van der Waals surface area contributed by atoms with Gasteiger partial charge in [0.2, 0.25) is 11.8 Å². The van der Waals surface area contributed by atoms with E-state index in [9.17, 15) is 9.59 Å². The third-order valence-corrected chi connectivity index (χ3v) is 3.59. The van der Waals surface area contributed by atoms with Crippen molar-refractivity contribution in [2.24, 2.45) is 5.92 Å². The van der Waals surface area contributed by atoms with E-state index in [0.717, 1.165) is 19.3 Å². The Hall–Kier alpha value is -1.06. The Balaban J connectivity index is 2.06. The third-order valence-electron chi connectivity index (χ3n) is 3.59. The van der Waals surface area contributed by atoms with Gasteiger partial charge in [-0.1, -0.05) is 33.1 Å². The van der Waals surface area contributed by atoms with Crippen molar-refractivity contribution in [1.82, 2.24) is 10.6 Å². The lowest BCUT2D eigenvalue weighted by molar-refractivity contribution is -0.126. The van der Waals surface area contributed by atoms with Crippen molar-refractivity contribution in [3.8, 4) is 0 Å². The van der Waals surface area contributed by atoms with Gasteiger partial charge in [0.1, 0.15) is 0 Å². The molecule has 0 atom stereocenters. The van der Waals surface area contributed by atoms with Gasteiger partial charge in [-0.3, -0.25) is 9.59 Å². The van der Waals surface area contributed by atoms with Crippen LogP contribution in [0.4, 0.5) is 0 Å². The summed E-state index contributed by atoms with van der Waals surface area (Å²) in [6.07, 6.45) is 7.48. The largest absolute Gasteiger partial charge is 0.356 e. The second-order valence-electron chi connectivity index (χ2n) is 5.93. The van der Waals surface area contributed by atoms with E-state index in [2.05, 4.69) is 24.5 Å². The molecule has 0 aliphatic heterocycles. The molecule has 0 aromatic rings. The zero-order valence-corrected chi connectivity index (χ0v) is 12.3. The van der Waals surface area contributed by atoms with E-state index in [1.807, 2.05) is 0 Å². The molecule has 0 aromatic heterocycles. The molecule has 4 nitrogen and oxygen atoms in total. The summed E-state index contributed by atoms with van der Waals surface area (Å²) in [4.78, 5) is 23.2. The van der Waals surface area contributed by atoms with Crippen molar-refractivity contribution < 1.29 is 9.59 Å². The molecule has 1 fully saturated rings. The van der Waals surface area contributed by atoms with Crippen LogP contribution in [-0.4, -0.2) is 24.4 Å². The highest BCUT2D eigenvalue weighted by atomic mass is 16.2. The summed E-state index contributed by atoms with van der Waals surface area (Å²) in [5.41, 5.74) is 0. The first-order chi connectivity index (χ1) is 9.08. The topological polar surface area (TPSA) is 58.2 Å². The lowest BCUT2D eigenvalue weighted by atomic mass is 9.95. The highest BCUT2D eigenvalue weighted by Crippen LogP contribution is 2.17. The van der Waals surface area contributed by atoms with Crippen LogP contribution in [0.3, 0.4) is 0 Å². The maximum atomic E-state index is 11.7. The maximum absolute atomic E-state index is 11.7. The summed E-state index contributed by atoms with van der Waals surface area (Å²) in [5, 5.41) is 5.88. The van der Waals surface area contributed by atoms with Gasteiger partial charge in [-0.2, -0.15) is 0 Å². The number of hydrogen-bond acceptors (Lipinski definition) is 2. The zero-order chi connectivity index (χ0) is 14.1. The van der Waals surface area contributed by atoms with Crippen LogP contribution in [0.25, 0.3) is 0 Å². The first-order valence-corrected chi connectivity index (χ1v) is 7.64.